The van der Waals surface area contributed by atoms with Gasteiger partial charge >= 0.3 is 12.1 Å². The summed E-state index contributed by atoms with van der Waals surface area (Å²) in [5.74, 6) is -0.874. The highest BCUT2D eigenvalue weighted by molar-refractivity contribution is 5.75. The number of methoxy groups -OCH3 is 1. The van der Waals surface area contributed by atoms with Crippen molar-refractivity contribution in [2.45, 2.75) is 38.5 Å². The Morgan fingerprint density at radius 3 is 2.14 bits per heavy atom. The van der Waals surface area contributed by atoms with Crippen LogP contribution in [0, 0.1) is 0 Å². The topological polar surface area (TPSA) is 105 Å². The van der Waals surface area contributed by atoms with Crippen LogP contribution in [-0.2, 0) is 9.53 Å². The molecule has 0 aliphatic heterocycles. The number of benzene rings is 1. The second kappa shape index (κ2) is 7.13. The average molecular weight is 311 g/mol. The number of rotatable bonds is 5. The number of hydrogen-bond acceptors (Lipinski definition) is 5. The fraction of sp³-hybridized carbons (Fsp3) is 0.467. The van der Waals surface area contributed by atoms with E-state index < -0.39 is 29.8 Å². The van der Waals surface area contributed by atoms with Crippen LogP contribution < -0.4 is 10.1 Å². The molecule has 0 bridgehead atoms. The first kappa shape index (κ1) is 17.8. The lowest BCUT2D eigenvalue weighted by Gasteiger charge is -2.25. The fourth-order valence-corrected chi connectivity index (χ4v) is 1.73. The summed E-state index contributed by atoms with van der Waals surface area (Å²) >= 11 is 0. The van der Waals surface area contributed by atoms with Gasteiger partial charge in [0.25, 0.3) is 0 Å². The Morgan fingerprint density at radius 2 is 1.73 bits per heavy atom. The van der Waals surface area contributed by atoms with E-state index in [9.17, 15) is 14.7 Å². The lowest BCUT2D eigenvalue weighted by molar-refractivity contribution is -0.148. The van der Waals surface area contributed by atoms with Crippen molar-refractivity contribution in [2.24, 2.45) is 0 Å². The molecule has 0 heterocycles. The molecule has 1 amide bonds. The fourth-order valence-electron chi connectivity index (χ4n) is 1.73. The zero-order valence-corrected chi connectivity index (χ0v) is 13.0. The van der Waals surface area contributed by atoms with Gasteiger partial charge in [0.2, 0.25) is 0 Å². The summed E-state index contributed by atoms with van der Waals surface area (Å²) in [5, 5.41) is 21.2. The number of aliphatic hydroxyl groups excluding tert-OH is 1. The van der Waals surface area contributed by atoms with Gasteiger partial charge in [0.1, 0.15) is 11.4 Å². The number of nitrogens with one attached hydrogen (secondary N) is 1. The summed E-state index contributed by atoms with van der Waals surface area (Å²) in [7, 11) is 1.50. The maximum atomic E-state index is 11.8. The van der Waals surface area contributed by atoms with Crippen molar-refractivity contribution in [2.75, 3.05) is 7.11 Å². The zero-order valence-electron chi connectivity index (χ0n) is 13.0. The van der Waals surface area contributed by atoms with Gasteiger partial charge < -0.3 is 25.0 Å². The van der Waals surface area contributed by atoms with Crippen molar-refractivity contribution < 1.29 is 29.3 Å². The SMILES string of the molecule is COc1ccc([C@H](NC(=O)OC(C)(C)C)[C@@H](O)C(=O)O)cc1. The molecule has 0 aliphatic carbocycles. The van der Waals surface area contributed by atoms with Gasteiger partial charge in [-0.15, -0.1) is 0 Å². The molecule has 0 aliphatic rings. The molecule has 0 saturated heterocycles. The highest BCUT2D eigenvalue weighted by Gasteiger charge is 2.30. The second-order valence-corrected chi connectivity index (χ2v) is 5.68. The van der Waals surface area contributed by atoms with Crippen molar-refractivity contribution in [1.29, 1.82) is 0 Å². The van der Waals surface area contributed by atoms with E-state index in [-0.39, 0.29) is 0 Å². The van der Waals surface area contributed by atoms with Crippen LogP contribution in [0.3, 0.4) is 0 Å². The third kappa shape index (κ3) is 5.25. The van der Waals surface area contributed by atoms with Crippen molar-refractivity contribution in [1.82, 2.24) is 5.32 Å². The minimum atomic E-state index is -1.80. The molecule has 0 unspecified atom stereocenters. The molecule has 1 aromatic rings. The van der Waals surface area contributed by atoms with E-state index in [1.807, 2.05) is 0 Å². The Labute approximate surface area is 128 Å². The van der Waals surface area contributed by atoms with E-state index in [2.05, 4.69) is 5.32 Å². The molecule has 0 fully saturated rings. The Hall–Kier alpha value is -2.28. The van der Waals surface area contributed by atoms with Crippen LogP contribution in [0.15, 0.2) is 24.3 Å². The monoisotopic (exact) mass is 311 g/mol. The molecule has 0 saturated carbocycles. The lowest BCUT2D eigenvalue weighted by atomic mass is 10.0. The maximum absolute atomic E-state index is 11.8. The molecule has 22 heavy (non-hydrogen) atoms. The third-order valence-corrected chi connectivity index (χ3v) is 2.72. The summed E-state index contributed by atoms with van der Waals surface area (Å²) in [6.07, 6.45) is -2.62. The zero-order chi connectivity index (χ0) is 16.9. The van der Waals surface area contributed by atoms with Crippen molar-refractivity contribution in [3.63, 3.8) is 0 Å². The minimum absolute atomic E-state index is 0.418. The summed E-state index contributed by atoms with van der Waals surface area (Å²) in [6, 6.07) is 5.19. The largest absolute Gasteiger partial charge is 0.497 e. The van der Waals surface area contributed by atoms with Crippen LogP contribution in [0.25, 0.3) is 0 Å². The van der Waals surface area contributed by atoms with Crippen molar-refractivity contribution in [3.05, 3.63) is 29.8 Å². The second-order valence-electron chi connectivity index (χ2n) is 5.68. The summed E-state index contributed by atoms with van der Waals surface area (Å²) in [5.41, 5.74) is -0.315. The Balaban J connectivity index is 2.97. The third-order valence-electron chi connectivity index (χ3n) is 2.72. The van der Waals surface area contributed by atoms with E-state index in [1.165, 1.54) is 7.11 Å². The van der Waals surface area contributed by atoms with Gasteiger partial charge in [-0.2, -0.15) is 0 Å². The molecule has 0 aromatic heterocycles. The van der Waals surface area contributed by atoms with Gasteiger partial charge in [0.15, 0.2) is 6.10 Å². The Bertz CT molecular complexity index is 520. The average Bonchev–Trinajstić information content (AvgIpc) is 2.42. The number of carbonyl (C=O) groups is 2. The quantitative estimate of drug-likeness (QED) is 0.764. The first-order chi connectivity index (χ1) is 10.1. The van der Waals surface area contributed by atoms with Gasteiger partial charge in [-0.05, 0) is 38.5 Å². The Morgan fingerprint density at radius 1 is 1.18 bits per heavy atom. The van der Waals surface area contributed by atoms with E-state index in [0.29, 0.717) is 11.3 Å². The number of carboxylic acids is 1. The van der Waals surface area contributed by atoms with Gasteiger partial charge in [-0.3, -0.25) is 0 Å². The van der Waals surface area contributed by atoms with Crippen molar-refractivity contribution in [3.8, 4) is 5.75 Å². The predicted octanol–water partition coefficient (Wildman–Crippen LogP) is 1.71. The lowest BCUT2D eigenvalue weighted by Crippen LogP contribution is -2.42. The molecule has 7 nitrogen and oxygen atoms in total. The summed E-state index contributed by atoms with van der Waals surface area (Å²) in [6.45, 7) is 5.05. The van der Waals surface area contributed by atoms with Crippen LogP contribution in [0.2, 0.25) is 0 Å². The molecular weight excluding hydrogens is 290 g/mol. The number of carbonyl (C=O) groups excluding carboxylic acids is 1. The van der Waals surface area contributed by atoms with Gasteiger partial charge in [0, 0.05) is 0 Å². The molecule has 2 atom stereocenters. The molecule has 122 valence electrons. The highest BCUT2D eigenvalue weighted by atomic mass is 16.6. The van der Waals surface area contributed by atoms with E-state index in [0.717, 1.165) is 0 Å². The van der Waals surface area contributed by atoms with Crippen LogP contribution >= 0.6 is 0 Å². The van der Waals surface area contributed by atoms with E-state index in [4.69, 9.17) is 14.6 Å². The van der Waals surface area contributed by atoms with Gasteiger partial charge in [-0.25, -0.2) is 9.59 Å². The Kier molecular flexibility index (Phi) is 5.76. The first-order valence-corrected chi connectivity index (χ1v) is 6.68. The summed E-state index contributed by atoms with van der Waals surface area (Å²) < 4.78 is 10.1. The van der Waals surface area contributed by atoms with Gasteiger partial charge in [0.05, 0.1) is 13.2 Å². The van der Waals surface area contributed by atoms with Crippen LogP contribution in [0.4, 0.5) is 4.79 Å². The standard InChI is InChI=1S/C15H21NO6/c1-15(2,3)22-14(20)16-11(12(17)13(18)19)9-5-7-10(21-4)8-6-9/h5-8,11-12,17H,1-4H3,(H,16,20)(H,18,19)/t11-,12+/m0/s1. The van der Waals surface area contributed by atoms with Gasteiger partial charge in [-0.1, -0.05) is 12.1 Å². The molecule has 1 aromatic carbocycles. The highest BCUT2D eigenvalue weighted by Crippen LogP contribution is 2.21. The smallest absolute Gasteiger partial charge is 0.408 e. The van der Waals surface area contributed by atoms with E-state index >= 15 is 0 Å². The molecule has 3 N–H and O–H groups in total. The number of aliphatic hydroxyl groups is 1. The van der Waals surface area contributed by atoms with Crippen LogP contribution in [-0.4, -0.2) is 41.1 Å². The molecular formula is C15H21NO6. The molecule has 0 radical (unpaired) electrons. The van der Waals surface area contributed by atoms with Crippen LogP contribution in [0.5, 0.6) is 5.75 Å². The summed E-state index contributed by atoms with van der Waals surface area (Å²) in [4.78, 5) is 22.9. The number of hydrogen-bond donors (Lipinski definition) is 3. The number of ether oxygens (including phenoxy) is 2. The van der Waals surface area contributed by atoms with Crippen LogP contribution in [0.1, 0.15) is 32.4 Å². The number of amides is 1. The van der Waals surface area contributed by atoms with E-state index in [1.54, 1.807) is 45.0 Å². The predicted molar refractivity (Wildman–Crippen MR) is 78.7 cm³/mol. The normalized spacial score (nSPS) is 13.9. The minimum Gasteiger partial charge on any atom is -0.497 e. The number of aliphatic carboxylic acids is 1. The van der Waals surface area contributed by atoms with Crippen molar-refractivity contribution >= 4 is 12.1 Å². The maximum Gasteiger partial charge on any atom is 0.408 e. The first-order valence-electron chi connectivity index (χ1n) is 6.68. The number of carboxylic acid groups (broad SMARTS) is 1. The molecule has 1 rings (SSSR count). The molecule has 7 heteroatoms. The molecule has 0 spiro atoms. The number of alkyl carbamates (subject to hydrolysis) is 1.